The van der Waals surface area contributed by atoms with Crippen molar-refractivity contribution in [2.75, 3.05) is 0 Å². The predicted octanol–water partition coefficient (Wildman–Crippen LogP) is 5.28. The van der Waals surface area contributed by atoms with Gasteiger partial charge in [0.1, 0.15) is 0 Å². The number of aryl methyl sites for hydroxylation is 1. The van der Waals surface area contributed by atoms with Gasteiger partial charge in [-0.2, -0.15) is 0 Å². The number of rotatable bonds is 3. The topological polar surface area (TPSA) is 12.9 Å². The highest BCUT2D eigenvalue weighted by Crippen LogP contribution is 2.29. The van der Waals surface area contributed by atoms with E-state index >= 15 is 0 Å². The van der Waals surface area contributed by atoms with E-state index in [2.05, 4.69) is 4.98 Å². The van der Waals surface area contributed by atoms with Gasteiger partial charge < -0.3 is 0 Å². The molecule has 1 nitrogen and oxygen atoms in total. The molecule has 0 saturated carbocycles. The summed E-state index contributed by atoms with van der Waals surface area (Å²) < 4.78 is 0. The van der Waals surface area contributed by atoms with Gasteiger partial charge in [0.25, 0.3) is 0 Å². The molecule has 2 rings (SSSR count). The molecule has 0 fully saturated rings. The summed E-state index contributed by atoms with van der Waals surface area (Å²) in [7, 11) is 0. The zero-order chi connectivity index (χ0) is 12.4. The van der Waals surface area contributed by atoms with Gasteiger partial charge >= 0.3 is 0 Å². The lowest BCUT2D eigenvalue weighted by molar-refractivity contribution is 0.883. The average molecular weight is 307 g/mol. The highest BCUT2D eigenvalue weighted by atomic mass is 35.5. The maximum atomic E-state index is 6.31. The molecule has 1 heterocycles. The first-order chi connectivity index (χ1) is 8.06. The van der Waals surface area contributed by atoms with Crippen molar-refractivity contribution in [3.63, 3.8) is 0 Å². The van der Waals surface area contributed by atoms with Crippen LogP contribution in [0.4, 0.5) is 0 Å². The summed E-state index contributed by atoms with van der Waals surface area (Å²) >= 11 is 19.7. The zero-order valence-corrected chi connectivity index (χ0v) is 12.2. The number of thiazole rings is 1. The minimum Gasteiger partial charge on any atom is -0.245 e. The van der Waals surface area contributed by atoms with Crippen LogP contribution in [0, 0.1) is 6.92 Å². The van der Waals surface area contributed by atoms with E-state index in [0.29, 0.717) is 16.5 Å². The molecule has 0 bridgehead atoms. The SMILES string of the molecule is Cc1nc(C(Cl)Cc2ccc(Cl)c(Cl)c2)cs1. The Bertz CT molecular complexity index is 524. The van der Waals surface area contributed by atoms with E-state index in [4.69, 9.17) is 34.8 Å². The van der Waals surface area contributed by atoms with Crippen molar-refractivity contribution in [3.05, 3.63) is 49.9 Å². The summed E-state index contributed by atoms with van der Waals surface area (Å²) in [6.07, 6.45) is 0.696. The lowest BCUT2D eigenvalue weighted by Crippen LogP contribution is -1.96. The predicted molar refractivity (Wildman–Crippen MR) is 75.6 cm³/mol. The zero-order valence-electron chi connectivity index (χ0n) is 9.08. The summed E-state index contributed by atoms with van der Waals surface area (Å²) in [6, 6.07) is 5.57. The summed E-state index contributed by atoms with van der Waals surface area (Å²) in [6.45, 7) is 1.97. The molecule has 0 spiro atoms. The first-order valence-corrected chi connectivity index (χ1v) is 7.13. The van der Waals surface area contributed by atoms with E-state index < -0.39 is 0 Å². The molecule has 0 amide bonds. The number of aromatic nitrogens is 1. The second-order valence-electron chi connectivity index (χ2n) is 3.71. The van der Waals surface area contributed by atoms with Crippen LogP contribution >= 0.6 is 46.1 Å². The average Bonchev–Trinajstić information content (AvgIpc) is 2.70. The molecule has 1 unspecified atom stereocenters. The van der Waals surface area contributed by atoms with Crippen LogP contribution in [0.2, 0.25) is 10.0 Å². The third-order valence-corrected chi connectivity index (χ3v) is 4.27. The lowest BCUT2D eigenvalue weighted by atomic mass is 10.1. The second-order valence-corrected chi connectivity index (χ2v) is 6.11. The standard InChI is InChI=1S/C12H10Cl3NS/c1-7-16-12(6-17-7)11(15)5-8-2-3-9(13)10(14)4-8/h2-4,6,11H,5H2,1H3. The van der Waals surface area contributed by atoms with Gasteiger partial charge in [0.15, 0.2) is 0 Å². The minimum atomic E-state index is -0.128. The molecular formula is C12H10Cl3NS. The van der Waals surface area contributed by atoms with Crippen molar-refractivity contribution in [2.24, 2.45) is 0 Å². The van der Waals surface area contributed by atoms with E-state index in [-0.39, 0.29) is 5.38 Å². The first-order valence-electron chi connectivity index (χ1n) is 5.06. The molecule has 0 radical (unpaired) electrons. The van der Waals surface area contributed by atoms with Crippen LogP contribution in [-0.4, -0.2) is 4.98 Å². The van der Waals surface area contributed by atoms with E-state index in [1.165, 1.54) is 0 Å². The highest BCUT2D eigenvalue weighted by molar-refractivity contribution is 7.09. The Morgan fingerprint density at radius 1 is 1.29 bits per heavy atom. The Labute approximate surface area is 119 Å². The normalized spacial score (nSPS) is 12.7. The fourth-order valence-electron chi connectivity index (χ4n) is 1.50. The van der Waals surface area contributed by atoms with Gasteiger partial charge in [0, 0.05) is 5.38 Å². The molecule has 0 saturated heterocycles. The van der Waals surface area contributed by atoms with Gasteiger partial charge in [-0.05, 0) is 31.0 Å². The van der Waals surface area contributed by atoms with Gasteiger partial charge in [0.05, 0.1) is 26.1 Å². The van der Waals surface area contributed by atoms with Crippen molar-refractivity contribution in [1.29, 1.82) is 0 Å². The summed E-state index contributed by atoms with van der Waals surface area (Å²) in [5.41, 5.74) is 1.98. The number of hydrogen-bond acceptors (Lipinski definition) is 2. The van der Waals surface area contributed by atoms with Crippen molar-refractivity contribution >= 4 is 46.1 Å². The number of hydrogen-bond donors (Lipinski definition) is 0. The lowest BCUT2D eigenvalue weighted by Gasteiger charge is -2.07. The van der Waals surface area contributed by atoms with E-state index in [1.807, 2.05) is 24.4 Å². The third kappa shape index (κ3) is 3.35. The van der Waals surface area contributed by atoms with Crippen LogP contribution in [-0.2, 0) is 6.42 Å². The molecule has 1 aromatic heterocycles. The highest BCUT2D eigenvalue weighted by Gasteiger charge is 2.12. The summed E-state index contributed by atoms with van der Waals surface area (Å²) in [5.74, 6) is 0. The maximum absolute atomic E-state index is 6.31. The number of alkyl halides is 1. The molecule has 17 heavy (non-hydrogen) atoms. The fourth-order valence-corrected chi connectivity index (χ4v) is 2.85. The Morgan fingerprint density at radius 3 is 2.65 bits per heavy atom. The van der Waals surface area contributed by atoms with Gasteiger partial charge in [-0.15, -0.1) is 22.9 Å². The Hall–Kier alpha value is -0.280. The molecule has 0 aliphatic rings. The van der Waals surface area contributed by atoms with Crippen molar-refractivity contribution < 1.29 is 0 Å². The van der Waals surface area contributed by atoms with Crippen LogP contribution < -0.4 is 0 Å². The van der Waals surface area contributed by atoms with Crippen LogP contribution in [0.1, 0.15) is 21.6 Å². The van der Waals surface area contributed by atoms with Crippen LogP contribution in [0.25, 0.3) is 0 Å². The maximum Gasteiger partial charge on any atom is 0.0897 e. The molecule has 0 aliphatic carbocycles. The van der Waals surface area contributed by atoms with Crippen LogP contribution in [0.3, 0.4) is 0 Å². The van der Waals surface area contributed by atoms with Gasteiger partial charge in [-0.25, -0.2) is 4.98 Å². The fraction of sp³-hybridized carbons (Fsp3) is 0.250. The van der Waals surface area contributed by atoms with E-state index in [1.54, 1.807) is 17.4 Å². The molecule has 0 aliphatic heterocycles. The Balaban J connectivity index is 2.12. The van der Waals surface area contributed by atoms with E-state index in [0.717, 1.165) is 16.3 Å². The van der Waals surface area contributed by atoms with Gasteiger partial charge in [-0.1, -0.05) is 29.3 Å². The Kier molecular flexibility index (Phi) is 4.31. The molecule has 1 atom stereocenters. The third-order valence-electron chi connectivity index (χ3n) is 2.36. The molecular weight excluding hydrogens is 297 g/mol. The largest absolute Gasteiger partial charge is 0.245 e. The number of halogens is 3. The molecule has 2 aromatic rings. The van der Waals surface area contributed by atoms with Crippen molar-refractivity contribution in [2.45, 2.75) is 18.7 Å². The smallest absolute Gasteiger partial charge is 0.0897 e. The van der Waals surface area contributed by atoms with Crippen molar-refractivity contribution in [3.8, 4) is 0 Å². The number of nitrogens with zero attached hydrogens (tertiary/aromatic N) is 1. The molecule has 90 valence electrons. The van der Waals surface area contributed by atoms with E-state index in [9.17, 15) is 0 Å². The number of benzene rings is 1. The molecule has 0 N–H and O–H groups in total. The Morgan fingerprint density at radius 2 is 2.06 bits per heavy atom. The van der Waals surface area contributed by atoms with Crippen LogP contribution in [0.15, 0.2) is 23.6 Å². The molecule has 1 aromatic carbocycles. The van der Waals surface area contributed by atoms with Gasteiger partial charge in [0.2, 0.25) is 0 Å². The first kappa shape index (κ1) is 13.2. The second kappa shape index (κ2) is 5.57. The summed E-state index contributed by atoms with van der Waals surface area (Å²) in [5, 5.41) is 4.01. The monoisotopic (exact) mass is 305 g/mol. The summed E-state index contributed by atoms with van der Waals surface area (Å²) in [4.78, 5) is 4.37. The van der Waals surface area contributed by atoms with Gasteiger partial charge in [-0.3, -0.25) is 0 Å². The molecule has 5 heteroatoms. The van der Waals surface area contributed by atoms with Crippen LogP contribution in [0.5, 0.6) is 0 Å². The minimum absolute atomic E-state index is 0.128. The van der Waals surface area contributed by atoms with Crippen molar-refractivity contribution in [1.82, 2.24) is 4.98 Å². The quantitative estimate of drug-likeness (QED) is 0.703.